The summed E-state index contributed by atoms with van der Waals surface area (Å²) in [6.07, 6.45) is 0. The second-order valence-electron chi connectivity index (χ2n) is 3.48. The quantitative estimate of drug-likeness (QED) is 0.453. The summed E-state index contributed by atoms with van der Waals surface area (Å²) in [4.78, 5) is 11.6. The third-order valence-corrected chi connectivity index (χ3v) is 3.63. The maximum atomic E-state index is 12.4. The fourth-order valence-electron chi connectivity index (χ4n) is 1.49. The summed E-state index contributed by atoms with van der Waals surface area (Å²) in [6, 6.07) is 4.11. The van der Waals surface area contributed by atoms with Crippen LogP contribution < -0.4 is 0 Å². The molecule has 20 heavy (non-hydrogen) atoms. The van der Waals surface area contributed by atoms with Gasteiger partial charge in [-0.1, -0.05) is 15.9 Å². The Morgan fingerprint density at radius 1 is 1.50 bits per heavy atom. The van der Waals surface area contributed by atoms with E-state index in [1.165, 1.54) is 12.1 Å². The summed E-state index contributed by atoms with van der Waals surface area (Å²) in [5.41, 5.74) is -4.47. The minimum atomic E-state index is -4.46. The summed E-state index contributed by atoms with van der Waals surface area (Å²) >= 11 is 2.73. The molecule has 1 rings (SSSR count). The number of thioether (sulfide) groups is 1. The third kappa shape index (κ3) is 4.15. The Hall–Kier alpha value is -1.20. The van der Waals surface area contributed by atoms with Gasteiger partial charge in [-0.3, -0.25) is 0 Å². The molecular weight excluding hydrogens is 359 g/mol. The number of ether oxygens (including phenoxy) is 1. The zero-order valence-corrected chi connectivity index (χ0v) is 12.7. The van der Waals surface area contributed by atoms with Crippen molar-refractivity contribution in [3.05, 3.63) is 28.8 Å². The van der Waals surface area contributed by atoms with Gasteiger partial charge < -0.3 is 4.74 Å². The first-order chi connectivity index (χ1) is 9.34. The van der Waals surface area contributed by atoms with Gasteiger partial charge in [0.15, 0.2) is 0 Å². The number of nitriles is 1. The highest BCUT2D eigenvalue weighted by Crippen LogP contribution is 2.40. The molecule has 0 bridgehead atoms. The number of halogens is 4. The van der Waals surface area contributed by atoms with E-state index in [0.717, 1.165) is 0 Å². The van der Waals surface area contributed by atoms with E-state index in [1.807, 2.05) is 0 Å². The van der Waals surface area contributed by atoms with Crippen molar-refractivity contribution in [2.24, 2.45) is 0 Å². The molecule has 1 aromatic rings. The highest BCUT2D eigenvalue weighted by atomic mass is 79.9. The van der Waals surface area contributed by atoms with Gasteiger partial charge in [-0.25, -0.2) is 4.79 Å². The number of benzene rings is 1. The molecule has 0 unspecified atom stereocenters. The predicted molar refractivity (Wildman–Crippen MR) is 71.7 cm³/mol. The summed E-state index contributed by atoms with van der Waals surface area (Å²) in [6.45, 7) is 1.72. The van der Waals surface area contributed by atoms with Crippen LogP contribution in [-0.4, -0.2) is 18.1 Å². The van der Waals surface area contributed by atoms with Crippen LogP contribution >= 0.6 is 27.7 Å². The molecule has 0 N–H and O–H groups in total. The predicted octanol–water partition coefficient (Wildman–Crippen LogP) is 4.24. The van der Waals surface area contributed by atoms with E-state index in [4.69, 9.17) is 10.00 Å². The fraction of sp³-hybridized carbons (Fsp3) is 0.333. The number of carbonyl (C=O) groups excluding carboxylic acids is 1. The monoisotopic (exact) mass is 367 g/mol. The molecule has 0 atom stereocenters. The lowest BCUT2D eigenvalue weighted by molar-refractivity contribution is -0.0328. The maximum absolute atomic E-state index is 12.4. The number of alkyl halides is 4. The van der Waals surface area contributed by atoms with Gasteiger partial charge >= 0.3 is 11.5 Å². The molecule has 0 amide bonds. The van der Waals surface area contributed by atoms with Gasteiger partial charge in [0.1, 0.15) is 6.07 Å². The lowest BCUT2D eigenvalue weighted by atomic mass is 10.0. The van der Waals surface area contributed by atoms with Gasteiger partial charge in [0.2, 0.25) is 0 Å². The van der Waals surface area contributed by atoms with Gasteiger partial charge in [0, 0.05) is 10.2 Å². The standard InChI is InChI=1S/C12H9BrF3NO2S/c1-2-19-11(18)7-3-4-10(20-12(14,15)16)8(5-13)9(7)6-17/h3-4H,2,5H2,1H3. The van der Waals surface area contributed by atoms with E-state index < -0.39 is 11.5 Å². The molecular formula is C12H9BrF3NO2S. The second kappa shape index (κ2) is 6.99. The molecule has 0 saturated heterocycles. The van der Waals surface area contributed by atoms with Gasteiger partial charge in [-0.2, -0.15) is 18.4 Å². The van der Waals surface area contributed by atoms with E-state index in [2.05, 4.69) is 15.9 Å². The van der Waals surface area contributed by atoms with Crippen LogP contribution in [0.25, 0.3) is 0 Å². The molecule has 0 aliphatic rings. The molecule has 108 valence electrons. The Kier molecular flexibility index (Phi) is 5.89. The van der Waals surface area contributed by atoms with Crippen LogP contribution in [0.4, 0.5) is 13.2 Å². The first kappa shape index (κ1) is 16.9. The zero-order chi connectivity index (χ0) is 15.3. The molecule has 0 aliphatic heterocycles. The van der Waals surface area contributed by atoms with E-state index in [9.17, 15) is 18.0 Å². The highest BCUT2D eigenvalue weighted by Gasteiger charge is 2.31. The minimum absolute atomic E-state index is 0.0293. The average Bonchev–Trinajstić information content (AvgIpc) is 2.36. The normalized spacial score (nSPS) is 11.0. The van der Waals surface area contributed by atoms with Gasteiger partial charge in [0.25, 0.3) is 0 Å². The first-order valence-electron chi connectivity index (χ1n) is 5.38. The number of hydrogen-bond acceptors (Lipinski definition) is 4. The van der Waals surface area contributed by atoms with E-state index >= 15 is 0 Å². The van der Waals surface area contributed by atoms with Crippen molar-refractivity contribution in [3.8, 4) is 6.07 Å². The Balaban J connectivity index is 3.34. The molecule has 1 aromatic carbocycles. The van der Waals surface area contributed by atoms with Crippen molar-refractivity contribution >= 4 is 33.7 Å². The Morgan fingerprint density at radius 3 is 2.60 bits per heavy atom. The summed E-state index contributed by atoms with van der Waals surface area (Å²) in [7, 11) is 0. The molecule has 0 aromatic heterocycles. The van der Waals surface area contributed by atoms with Crippen LogP contribution in [0.15, 0.2) is 17.0 Å². The minimum Gasteiger partial charge on any atom is -0.462 e. The molecule has 0 spiro atoms. The fourth-order valence-corrected chi connectivity index (χ4v) is 2.94. The Bertz CT molecular complexity index is 555. The van der Waals surface area contributed by atoms with Gasteiger partial charge in [-0.05, 0) is 36.4 Å². The smallest absolute Gasteiger partial charge is 0.446 e. The summed E-state index contributed by atoms with van der Waals surface area (Å²) in [5.74, 6) is -0.727. The van der Waals surface area contributed by atoms with Crippen LogP contribution in [-0.2, 0) is 10.1 Å². The molecule has 8 heteroatoms. The number of hydrogen-bond donors (Lipinski definition) is 0. The van der Waals surface area contributed by atoms with Crippen LogP contribution in [0, 0.1) is 11.3 Å². The van der Waals surface area contributed by atoms with E-state index in [-0.39, 0.29) is 45.3 Å². The molecule has 0 saturated carbocycles. The van der Waals surface area contributed by atoms with Crippen molar-refractivity contribution < 1.29 is 22.7 Å². The van der Waals surface area contributed by atoms with Crippen molar-refractivity contribution in [2.75, 3.05) is 6.61 Å². The van der Waals surface area contributed by atoms with Crippen LogP contribution in [0.1, 0.15) is 28.4 Å². The van der Waals surface area contributed by atoms with Crippen molar-refractivity contribution in [1.82, 2.24) is 0 Å². The van der Waals surface area contributed by atoms with Crippen LogP contribution in [0.3, 0.4) is 0 Å². The summed E-state index contributed by atoms with van der Waals surface area (Å²) < 4.78 is 42.1. The van der Waals surface area contributed by atoms with Crippen molar-refractivity contribution in [3.63, 3.8) is 0 Å². The average molecular weight is 368 g/mol. The van der Waals surface area contributed by atoms with Gasteiger partial charge in [0.05, 0.1) is 17.7 Å². The SMILES string of the molecule is CCOC(=O)c1ccc(SC(F)(F)F)c(CBr)c1C#N. The largest absolute Gasteiger partial charge is 0.462 e. The number of carbonyl (C=O) groups is 1. The topological polar surface area (TPSA) is 50.1 Å². The lowest BCUT2D eigenvalue weighted by Gasteiger charge is -2.13. The molecule has 3 nitrogen and oxygen atoms in total. The number of rotatable bonds is 4. The molecule has 0 radical (unpaired) electrons. The second-order valence-corrected chi connectivity index (χ2v) is 5.15. The van der Waals surface area contributed by atoms with Crippen LogP contribution in [0.5, 0.6) is 0 Å². The Morgan fingerprint density at radius 2 is 2.15 bits per heavy atom. The van der Waals surface area contributed by atoms with Gasteiger partial charge in [-0.15, -0.1) is 0 Å². The number of nitrogens with zero attached hydrogens (tertiary/aromatic N) is 1. The maximum Gasteiger partial charge on any atom is 0.446 e. The first-order valence-corrected chi connectivity index (χ1v) is 7.32. The summed E-state index contributed by atoms with van der Waals surface area (Å²) in [5, 5.41) is 9.13. The van der Waals surface area contributed by atoms with Crippen LogP contribution in [0.2, 0.25) is 0 Å². The molecule has 0 aliphatic carbocycles. The zero-order valence-electron chi connectivity index (χ0n) is 10.3. The van der Waals surface area contributed by atoms with E-state index in [0.29, 0.717) is 0 Å². The highest BCUT2D eigenvalue weighted by molar-refractivity contribution is 9.08. The lowest BCUT2D eigenvalue weighted by Crippen LogP contribution is -2.10. The molecule has 0 fully saturated rings. The Labute approximate surface area is 126 Å². The van der Waals surface area contributed by atoms with Crippen molar-refractivity contribution in [1.29, 1.82) is 5.26 Å². The van der Waals surface area contributed by atoms with E-state index in [1.54, 1.807) is 13.0 Å². The third-order valence-electron chi connectivity index (χ3n) is 2.24. The van der Waals surface area contributed by atoms with Crippen molar-refractivity contribution in [2.45, 2.75) is 22.7 Å². The number of esters is 1. The molecule has 0 heterocycles.